The van der Waals surface area contributed by atoms with Crippen LogP contribution in [0.5, 0.6) is 5.75 Å². The number of hydroxylamine groups is 1. The summed E-state index contributed by atoms with van der Waals surface area (Å²) in [5, 5.41) is 25.8. The Morgan fingerprint density at radius 2 is 1.65 bits per heavy atom. The first-order valence-electron chi connectivity index (χ1n) is 13.1. The fourth-order valence-corrected chi connectivity index (χ4v) is 5.76. The summed E-state index contributed by atoms with van der Waals surface area (Å²) in [5.74, 6) is -0.823. The van der Waals surface area contributed by atoms with Crippen LogP contribution in [0.2, 0.25) is 0 Å². The molecular formula is C25H38N8O6S. The van der Waals surface area contributed by atoms with Crippen LogP contribution < -0.4 is 10.2 Å². The van der Waals surface area contributed by atoms with E-state index < -0.39 is 27.9 Å². The molecular weight excluding hydrogens is 540 g/mol. The van der Waals surface area contributed by atoms with Crippen LogP contribution >= 0.6 is 0 Å². The van der Waals surface area contributed by atoms with E-state index in [1.165, 1.54) is 31.4 Å². The molecule has 0 saturated carbocycles. The van der Waals surface area contributed by atoms with E-state index in [2.05, 4.69) is 27.5 Å². The number of amides is 1. The topological polar surface area (TPSA) is 167 Å². The molecule has 3 rings (SSSR count). The van der Waals surface area contributed by atoms with E-state index in [-0.39, 0.29) is 11.4 Å². The van der Waals surface area contributed by atoms with Gasteiger partial charge in [0, 0.05) is 12.4 Å². The average molecular weight is 579 g/mol. The number of nitrogens with zero attached hydrogens (tertiary/aromatic N) is 7. The fraction of sp³-hybridized carbons (Fsp3) is 0.560. The van der Waals surface area contributed by atoms with E-state index in [9.17, 15) is 18.4 Å². The highest BCUT2D eigenvalue weighted by molar-refractivity contribution is 7.89. The van der Waals surface area contributed by atoms with Crippen LogP contribution in [0.25, 0.3) is 0 Å². The summed E-state index contributed by atoms with van der Waals surface area (Å²) < 4.78 is 42.5. The van der Waals surface area contributed by atoms with Gasteiger partial charge in [0.05, 0.1) is 56.2 Å². The van der Waals surface area contributed by atoms with Gasteiger partial charge in [-0.1, -0.05) is 37.6 Å². The van der Waals surface area contributed by atoms with Gasteiger partial charge in [-0.05, 0) is 43.0 Å². The molecule has 0 saturated heterocycles. The lowest BCUT2D eigenvalue weighted by Crippen LogP contribution is -2.51. The number of hydrogen-bond acceptors (Lipinski definition) is 10. The monoisotopic (exact) mass is 578 g/mol. The van der Waals surface area contributed by atoms with Crippen LogP contribution in [0.1, 0.15) is 45.0 Å². The molecule has 1 amide bonds. The molecule has 0 fully saturated rings. The van der Waals surface area contributed by atoms with E-state index in [1.807, 2.05) is 6.20 Å². The minimum absolute atomic E-state index is 0.0321. The summed E-state index contributed by atoms with van der Waals surface area (Å²) in [4.78, 5) is 12.5. The van der Waals surface area contributed by atoms with Crippen LogP contribution in [0.3, 0.4) is 0 Å². The number of hydrogen-bond donors (Lipinski definition) is 2. The van der Waals surface area contributed by atoms with Crippen LogP contribution in [0.4, 0.5) is 0 Å². The van der Waals surface area contributed by atoms with Crippen molar-refractivity contribution in [1.29, 1.82) is 0 Å². The Hall–Kier alpha value is -3.40. The fourth-order valence-electron chi connectivity index (χ4n) is 4.07. The number of unbranched alkanes of at least 4 members (excludes halogenated alkanes) is 1. The SMILES string of the molecule is CCCCc1cn(CCOCCn2cc(CN(C(C(=O)NO)C(C)C)S(=O)(=O)c3ccc(OC)cc3)nn2)nn1. The van der Waals surface area contributed by atoms with Crippen molar-refractivity contribution >= 4 is 15.9 Å². The van der Waals surface area contributed by atoms with E-state index in [0.717, 1.165) is 29.3 Å². The Kier molecular flexibility index (Phi) is 11.5. The lowest BCUT2D eigenvalue weighted by Gasteiger charge is -2.31. The number of rotatable bonds is 17. The number of nitrogens with one attached hydrogen (secondary N) is 1. The molecule has 0 bridgehead atoms. The predicted octanol–water partition coefficient (Wildman–Crippen LogP) is 1.66. The molecule has 0 aliphatic rings. The van der Waals surface area contributed by atoms with Crippen molar-refractivity contribution in [1.82, 2.24) is 39.8 Å². The lowest BCUT2D eigenvalue weighted by molar-refractivity contribution is -0.134. The molecule has 0 aliphatic heterocycles. The standard InChI is InChI=1S/C25H38N8O6S/c1-5-6-7-20-16-31(29-26-20)12-14-39-15-13-32-17-21(27-30-32)18-33(24(19(2)3)25(34)28-35)40(36,37)23-10-8-22(38-4)9-11-23/h8-11,16-17,19,24,35H,5-7,12-15,18H2,1-4H3,(H,28,34). The van der Waals surface area contributed by atoms with Crippen LogP contribution in [0.15, 0.2) is 41.6 Å². The minimum Gasteiger partial charge on any atom is -0.497 e. The van der Waals surface area contributed by atoms with Gasteiger partial charge < -0.3 is 9.47 Å². The highest BCUT2D eigenvalue weighted by Crippen LogP contribution is 2.26. The summed E-state index contributed by atoms with van der Waals surface area (Å²) in [7, 11) is -2.70. The van der Waals surface area contributed by atoms with Gasteiger partial charge in [0.15, 0.2) is 0 Å². The Labute approximate surface area is 234 Å². The number of carbonyl (C=O) groups excluding carboxylic acids is 1. The zero-order valence-corrected chi connectivity index (χ0v) is 24.1. The first-order chi connectivity index (χ1) is 19.2. The van der Waals surface area contributed by atoms with E-state index in [1.54, 1.807) is 34.9 Å². The molecule has 220 valence electrons. The second-order valence-electron chi connectivity index (χ2n) is 9.55. The molecule has 0 radical (unpaired) electrons. The molecule has 2 N–H and O–H groups in total. The van der Waals surface area contributed by atoms with Crippen molar-refractivity contribution < 1.29 is 27.9 Å². The van der Waals surface area contributed by atoms with Gasteiger partial charge in [0.25, 0.3) is 5.91 Å². The average Bonchev–Trinajstić information content (AvgIpc) is 3.60. The van der Waals surface area contributed by atoms with Crippen LogP contribution in [-0.4, -0.2) is 80.2 Å². The smallest absolute Gasteiger partial charge is 0.262 e. The Balaban J connectivity index is 1.65. The van der Waals surface area contributed by atoms with Gasteiger partial charge in [0.1, 0.15) is 11.8 Å². The van der Waals surface area contributed by atoms with Crippen LogP contribution in [0, 0.1) is 5.92 Å². The minimum atomic E-state index is -4.18. The third-order valence-corrected chi connectivity index (χ3v) is 8.03. The maximum absolute atomic E-state index is 13.7. The maximum atomic E-state index is 13.7. The van der Waals surface area contributed by atoms with Crippen molar-refractivity contribution in [3.05, 3.63) is 48.0 Å². The van der Waals surface area contributed by atoms with Crippen molar-refractivity contribution in [2.75, 3.05) is 20.3 Å². The predicted molar refractivity (Wildman–Crippen MR) is 144 cm³/mol. The number of aryl methyl sites for hydroxylation is 1. The molecule has 0 spiro atoms. The first kappa shape index (κ1) is 31.1. The molecule has 1 aromatic carbocycles. The Bertz CT molecular complexity index is 1310. The number of aromatic nitrogens is 6. The highest BCUT2D eigenvalue weighted by Gasteiger charge is 2.38. The third-order valence-electron chi connectivity index (χ3n) is 6.19. The summed E-state index contributed by atoms with van der Waals surface area (Å²) in [6, 6.07) is 4.63. The van der Waals surface area contributed by atoms with E-state index >= 15 is 0 Å². The van der Waals surface area contributed by atoms with E-state index in [4.69, 9.17) is 9.47 Å². The maximum Gasteiger partial charge on any atom is 0.262 e. The molecule has 1 atom stereocenters. The van der Waals surface area contributed by atoms with Gasteiger partial charge >= 0.3 is 0 Å². The molecule has 14 nitrogen and oxygen atoms in total. The number of sulfonamides is 1. The number of carbonyl (C=O) groups is 1. The third kappa shape index (κ3) is 8.30. The van der Waals surface area contributed by atoms with Crippen molar-refractivity contribution in [2.45, 2.75) is 70.6 Å². The van der Waals surface area contributed by atoms with Crippen molar-refractivity contribution in [2.24, 2.45) is 5.92 Å². The van der Waals surface area contributed by atoms with Crippen LogP contribution in [-0.2, 0) is 45.6 Å². The second kappa shape index (κ2) is 14.8. The second-order valence-corrected chi connectivity index (χ2v) is 11.4. The Morgan fingerprint density at radius 1 is 1.05 bits per heavy atom. The molecule has 1 unspecified atom stereocenters. The number of methoxy groups -OCH3 is 1. The zero-order valence-electron chi connectivity index (χ0n) is 23.3. The molecule has 3 aromatic rings. The number of benzene rings is 1. The van der Waals surface area contributed by atoms with E-state index in [0.29, 0.717) is 37.7 Å². The first-order valence-corrected chi connectivity index (χ1v) is 14.6. The number of ether oxygens (including phenoxy) is 2. The quantitative estimate of drug-likeness (QED) is 0.137. The molecule has 15 heteroatoms. The summed E-state index contributed by atoms with van der Waals surface area (Å²) in [5.41, 5.74) is 2.89. The Morgan fingerprint density at radius 3 is 2.20 bits per heavy atom. The lowest BCUT2D eigenvalue weighted by atomic mass is 10.0. The summed E-state index contributed by atoms with van der Waals surface area (Å²) in [6.07, 6.45) is 6.62. The summed E-state index contributed by atoms with van der Waals surface area (Å²) in [6.45, 7) is 7.04. The molecule has 2 aromatic heterocycles. The normalized spacial score (nSPS) is 12.7. The van der Waals surface area contributed by atoms with Gasteiger partial charge in [0.2, 0.25) is 10.0 Å². The highest BCUT2D eigenvalue weighted by atomic mass is 32.2. The van der Waals surface area contributed by atoms with Crippen molar-refractivity contribution in [3.8, 4) is 5.75 Å². The molecule has 2 heterocycles. The zero-order chi connectivity index (χ0) is 29.1. The largest absolute Gasteiger partial charge is 0.497 e. The van der Waals surface area contributed by atoms with Gasteiger partial charge in [-0.15, -0.1) is 10.2 Å². The van der Waals surface area contributed by atoms with Crippen molar-refractivity contribution in [3.63, 3.8) is 0 Å². The van der Waals surface area contributed by atoms with Gasteiger partial charge in [-0.3, -0.25) is 10.0 Å². The van der Waals surface area contributed by atoms with Gasteiger partial charge in [-0.2, -0.15) is 4.31 Å². The summed E-state index contributed by atoms with van der Waals surface area (Å²) >= 11 is 0. The molecule has 0 aliphatic carbocycles. The molecule has 40 heavy (non-hydrogen) atoms. The van der Waals surface area contributed by atoms with Gasteiger partial charge in [-0.25, -0.2) is 23.3 Å².